The number of aldehydes is 1. The molecule has 0 N–H and O–H groups in total. The Hall–Kier alpha value is -2.16. The van der Waals surface area contributed by atoms with Crippen LogP contribution in [-0.2, 0) is 0 Å². The standard InChI is InChI=1S/C19H19FO2/c1-12(2)22-19-10-18(14-5-7-16(20)8-6-14)17(13-3-4-13)9-15(19)11-21/h5-13H,3-4H2,1-2H3. The second-order valence-electron chi connectivity index (χ2n) is 6.04. The molecular formula is C19H19FO2. The number of carbonyl (C=O) groups excluding carboxylic acids is 1. The fourth-order valence-electron chi connectivity index (χ4n) is 2.67. The van der Waals surface area contributed by atoms with E-state index in [9.17, 15) is 9.18 Å². The molecule has 0 spiro atoms. The van der Waals surface area contributed by atoms with Gasteiger partial charge in [0.2, 0.25) is 0 Å². The van der Waals surface area contributed by atoms with Crippen LogP contribution in [0.15, 0.2) is 36.4 Å². The SMILES string of the molecule is CC(C)Oc1cc(-c2ccc(F)cc2)c(C2CC2)cc1C=O. The summed E-state index contributed by atoms with van der Waals surface area (Å²) >= 11 is 0. The molecular weight excluding hydrogens is 279 g/mol. The van der Waals surface area contributed by atoms with Gasteiger partial charge in [0.15, 0.2) is 6.29 Å². The summed E-state index contributed by atoms with van der Waals surface area (Å²) in [5.41, 5.74) is 3.73. The zero-order valence-electron chi connectivity index (χ0n) is 12.8. The van der Waals surface area contributed by atoms with Crippen molar-refractivity contribution >= 4 is 6.29 Å². The van der Waals surface area contributed by atoms with Crippen LogP contribution in [0, 0.1) is 5.82 Å². The maximum absolute atomic E-state index is 13.2. The van der Waals surface area contributed by atoms with Crippen molar-refractivity contribution in [1.29, 1.82) is 0 Å². The molecule has 0 aromatic heterocycles. The molecule has 1 fully saturated rings. The van der Waals surface area contributed by atoms with Gasteiger partial charge in [0.1, 0.15) is 11.6 Å². The summed E-state index contributed by atoms with van der Waals surface area (Å²) in [7, 11) is 0. The molecule has 114 valence electrons. The van der Waals surface area contributed by atoms with Gasteiger partial charge in [0.25, 0.3) is 0 Å². The minimum absolute atomic E-state index is 0.00783. The third-order valence-corrected chi connectivity index (χ3v) is 3.84. The zero-order valence-corrected chi connectivity index (χ0v) is 12.8. The van der Waals surface area contributed by atoms with E-state index < -0.39 is 0 Å². The summed E-state index contributed by atoms with van der Waals surface area (Å²) in [6, 6.07) is 10.3. The Morgan fingerprint density at radius 2 is 1.86 bits per heavy atom. The Bertz CT molecular complexity index is 685. The van der Waals surface area contributed by atoms with E-state index in [1.165, 1.54) is 12.1 Å². The minimum atomic E-state index is -0.250. The van der Waals surface area contributed by atoms with Crippen LogP contribution in [0.1, 0.15) is 48.5 Å². The number of benzene rings is 2. The quantitative estimate of drug-likeness (QED) is 0.728. The summed E-state index contributed by atoms with van der Waals surface area (Å²) in [6.07, 6.45) is 3.11. The molecule has 0 unspecified atom stereocenters. The first-order valence-electron chi connectivity index (χ1n) is 7.64. The fourth-order valence-corrected chi connectivity index (χ4v) is 2.67. The molecule has 0 amide bonds. The summed E-state index contributed by atoms with van der Waals surface area (Å²) in [5.74, 6) is 0.834. The molecule has 0 bridgehead atoms. The van der Waals surface area contributed by atoms with Crippen LogP contribution in [0.4, 0.5) is 4.39 Å². The third kappa shape index (κ3) is 3.03. The first-order valence-corrected chi connectivity index (χ1v) is 7.64. The number of hydrogen-bond donors (Lipinski definition) is 0. The van der Waals surface area contributed by atoms with Crippen molar-refractivity contribution in [2.45, 2.75) is 38.7 Å². The van der Waals surface area contributed by atoms with Gasteiger partial charge in [0.05, 0.1) is 11.7 Å². The van der Waals surface area contributed by atoms with E-state index in [0.29, 0.717) is 17.2 Å². The highest BCUT2D eigenvalue weighted by Gasteiger charge is 2.28. The largest absolute Gasteiger partial charge is 0.490 e. The molecule has 1 saturated carbocycles. The van der Waals surface area contributed by atoms with Crippen LogP contribution in [-0.4, -0.2) is 12.4 Å². The molecule has 2 nitrogen and oxygen atoms in total. The number of ether oxygens (including phenoxy) is 1. The predicted octanol–water partition coefficient (Wildman–Crippen LogP) is 4.97. The van der Waals surface area contributed by atoms with Crippen molar-refractivity contribution in [3.63, 3.8) is 0 Å². The van der Waals surface area contributed by atoms with Gasteiger partial charge in [-0.15, -0.1) is 0 Å². The lowest BCUT2D eigenvalue weighted by Crippen LogP contribution is -2.08. The van der Waals surface area contributed by atoms with Crippen LogP contribution >= 0.6 is 0 Å². The zero-order chi connectivity index (χ0) is 15.7. The van der Waals surface area contributed by atoms with Gasteiger partial charge >= 0.3 is 0 Å². The number of carbonyl (C=O) groups is 1. The van der Waals surface area contributed by atoms with E-state index in [2.05, 4.69) is 0 Å². The fraction of sp³-hybridized carbons (Fsp3) is 0.316. The summed E-state index contributed by atoms with van der Waals surface area (Å²) in [5, 5.41) is 0. The molecule has 2 aromatic carbocycles. The number of rotatable bonds is 5. The van der Waals surface area contributed by atoms with E-state index >= 15 is 0 Å². The van der Waals surface area contributed by atoms with E-state index in [-0.39, 0.29) is 11.9 Å². The highest BCUT2D eigenvalue weighted by molar-refractivity contribution is 5.84. The molecule has 0 atom stereocenters. The smallest absolute Gasteiger partial charge is 0.153 e. The van der Waals surface area contributed by atoms with Crippen molar-refractivity contribution in [3.05, 3.63) is 53.3 Å². The van der Waals surface area contributed by atoms with Crippen LogP contribution in [0.25, 0.3) is 11.1 Å². The topological polar surface area (TPSA) is 26.3 Å². The lowest BCUT2D eigenvalue weighted by Gasteiger charge is -2.17. The van der Waals surface area contributed by atoms with Crippen LogP contribution < -0.4 is 4.74 Å². The second kappa shape index (κ2) is 5.91. The predicted molar refractivity (Wildman–Crippen MR) is 85.0 cm³/mol. The van der Waals surface area contributed by atoms with Crippen molar-refractivity contribution < 1.29 is 13.9 Å². The molecule has 2 aromatic rings. The first kappa shape index (κ1) is 14.8. The summed E-state index contributed by atoms with van der Waals surface area (Å²) in [6.45, 7) is 3.86. The van der Waals surface area contributed by atoms with E-state index in [1.54, 1.807) is 12.1 Å². The van der Waals surface area contributed by atoms with Crippen molar-refractivity contribution in [3.8, 4) is 16.9 Å². The van der Waals surface area contributed by atoms with E-state index in [4.69, 9.17) is 4.74 Å². The molecule has 3 rings (SSSR count). The summed E-state index contributed by atoms with van der Waals surface area (Å²) in [4.78, 5) is 11.4. The second-order valence-corrected chi connectivity index (χ2v) is 6.04. The first-order chi connectivity index (χ1) is 10.6. The third-order valence-electron chi connectivity index (χ3n) is 3.84. The lowest BCUT2D eigenvalue weighted by molar-refractivity contribution is 0.111. The highest BCUT2D eigenvalue weighted by Crippen LogP contribution is 2.46. The van der Waals surface area contributed by atoms with Gasteiger partial charge in [-0.25, -0.2) is 4.39 Å². The summed E-state index contributed by atoms with van der Waals surface area (Å²) < 4.78 is 18.9. The van der Waals surface area contributed by atoms with Gasteiger partial charge < -0.3 is 4.74 Å². The van der Waals surface area contributed by atoms with Crippen molar-refractivity contribution in [2.24, 2.45) is 0 Å². The van der Waals surface area contributed by atoms with Gasteiger partial charge in [-0.3, -0.25) is 4.79 Å². The number of hydrogen-bond acceptors (Lipinski definition) is 2. The Labute approximate surface area is 129 Å². The molecule has 3 heteroatoms. The van der Waals surface area contributed by atoms with Gasteiger partial charge in [-0.05, 0) is 73.6 Å². The Morgan fingerprint density at radius 3 is 2.41 bits per heavy atom. The molecule has 22 heavy (non-hydrogen) atoms. The van der Waals surface area contributed by atoms with Gasteiger partial charge in [-0.2, -0.15) is 0 Å². The van der Waals surface area contributed by atoms with Crippen LogP contribution in [0.2, 0.25) is 0 Å². The average Bonchev–Trinajstić information content (AvgIpc) is 3.32. The molecule has 1 aliphatic rings. The Morgan fingerprint density at radius 1 is 1.18 bits per heavy atom. The Balaban J connectivity index is 2.13. The average molecular weight is 298 g/mol. The Kier molecular flexibility index (Phi) is 3.97. The van der Waals surface area contributed by atoms with E-state index in [0.717, 1.165) is 35.8 Å². The van der Waals surface area contributed by atoms with Crippen molar-refractivity contribution in [1.82, 2.24) is 0 Å². The van der Waals surface area contributed by atoms with Crippen LogP contribution in [0.5, 0.6) is 5.75 Å². The maximum Gasteiger partial charge on any atom is 0.153 e. The van der Waals surface area contributed by atoms with Gasteiger partial charge in [-0.1, -0.05) is 12.1 Å². The van der Waals surface area contributed by atoms with Gasteiger partial charge in [0, 0.05) is 0 Å². The normalized spacial score (nSPS) is 14.2. The lowest BCUT2D eigenvalue weighted by atomic mass is 9.94. The molecule has 0 heterocycles. The molecule has 0 saturated heterocycles. The molecule has 1 aliphatic carbocycles. The van der Waals surface area contributed by atoms with Crippen molar-refractivity contribution in [2.75, 3.05) is 0 Å². The minimum Gasteiger partial charge on any atom is -0.490 e. The monoisotopic (exact) mass is 298 g/mol. The molecule has 0 aliphatic heterocycles. The van der Waals surface area contributed by atoms with Crippen LogP contribution in [0.3, 0.4) is 0 Å². The number of halogens is 1. The molecule has 0 radical (unpaired) electrons. The maximum atomic E-state index is 13.2. The van der Waals surface area contributed by atoms with E-state index in [1.807, 2.05) is 26.0 Å². The highest BCUT2D eigenvalue weighted by atomic mass is 19.1.